The Kier molecular flexibility index (Phi) is 6.77. The average Bonchev–Trinajstić information content (AvgIpc) is 2.24. The standard InChI is InChI=1S/C10H21N3O5S/c1-7(2)8(9(14)15)12-10(16)11-5-6-19(17,18)13(3)4/h7-8H,5-6H2,1-4H3,(H,14,15)(H2,11,12,16)/t8-/m1/s1. The van der Waals surface area contributed by atoms with Gasteiger partial charge in [0.25, 0.3) is 0 Å². The molecule has 0 heterocycles. The summed E-state index contributed by atoms with van der Waals surface area (Å²) in [6.45, 7) is 3.24. The Balaban J connectivity index is 4.24. The van der Waals surface area contributed by atoms with Gasteiger partial charge in [-0.15, -0.1) is 0 Å². The molecule has 0 aromatic heterocycles. The molecule has 0 rings (SSSR count). The molecule has 0 radical (unpaired) electrons. The van der Waals surface area contributed by atoms with Gasteiger partial charge in [-0.3, -0.25) is 0 Å². The fourth-order valence-electron chi connectivity index (χ4n) is 1.18. The van der Waals surface area contributed by atoms with Gasteiger partial charge in [-0.25, -0.2) is 22.3 Å². The van der Waals surface area contributed by atoms with Gasteiger partial charge < -0.3 is 15.7 Å². The topological polar surface area (TPSA) is 116 Å². The summed E-state index contributed by atoms with van der Waals surface area (Å²) in [5.74, 6) is -1.65. The maximum atomic E-state index is 11.4. The number of sulfonamides is 1. The van der Waals surface area contributed by atoms with Crippen LogP contribution in [0.4, 0.5) is 4.79 Å². The predicted octanol–water partition coefficient (Wildman–Crippen LogP) is -0.714. The van der Waals surface area contributed by atoms with Crippen LogP contribution in [0, 0.1) is 5.92 Å². The first-order valence-corrected chi connectivity index (χ1v) is 7.36. The van der Waals surface area contributed by atoms with Crippen LogP contribution < -0.4 is 10.6 Å². The molecule has 9 heteroatoms. The lowest BCUT2D eigenvalue weighted by Gasteiger charge is -2.18. The van der Waals surface area contributed by atoms with Gasteiger partial charge in [-0.05, 0) is 5.92 Å². The third-order valence-electron chi connectivity index (χ3n) is 2.42. The summed E-state index contributed by atoms with van der Waals surface area (Å²) in [5, 5.41) is 13.5. The molecule has 19 heavy (non-hydrogen) atoms. The molecule has 0 spiro atoms. The fourth-order valence-corrected chi connectivity index (χ4v) is 1.91. The number of hydrogen-bond donors (Lipinski definition) is 3. The zero-order chi connectivity index (χ0) is 15.2. The van der Waals surface area contributed by atoms with Gasteiger partial charge >= 0.3 is 12.0 Å². The van der Waals surface area contributed by atoms with Crippen molar-refractivity contribution in [2.45, 2.75) is 19.9 Å². The molecule has 0 aliphatic heterocycles. The van der Waals surface area contributed by atoms with Crippen LogP contribution in [-0.2, 0) is 14.8 Å². The minimum absolute atomic E-state index is 0.0865. The maximum Gasteiger partial charge on any atom is 0.326 e. The van der Waals surface area contributed by atoms with Gasteiger partial charge in [-0.2, -0.15) is 0 Å². The van der Waals surface area contributed by atoms with Crippen LogP contribution in [0.3, 0.4) is 0 Å². The van der Waals surface area contributed by atoms with Crippen molar-refractivity contribution in [1.82, 2.24) is 14.9 Å². The van der Waals surface area contributed by atoms with Gasteiger partial charge in [0, 0.05) is 20.6 Å². The first kappa shape index (κ1) is 17.6. The van der Waals surface area contributed by atoms with Crippen molar-refractivity contribution in [2.75, 3.05) is 26.4 Å². The molecular formula is C10H21N3O5S. The molecule has 1 atom stereocenters. The Morgan fingerprint density at radius 2 is 1.79 bits per heavy atom. The second-order valence-corrected chi connectivity index (χ2v) is 6.86. The highest BCUT2D eigenvalue weighted by Gasteiger charge is 2.23. The summed E-state index contributed by atoms with van der Waals surface area (Å²) < 4.78 is 23.9. The third-order valence-corrected chi connectivity index (χ3v) is 4.25. The minimum atomic E-state index is -3.38. The summed E-state index contributed by atoms with van der Waals surface area (Å²) in [6.07, 6.45) is 0. The van der Waals surface area contributed by atoms with Crippen molar-refractivity contribution in [2.24, 2.45) is 5.92 Å². The maximum absolute atomic E-state index is 11.4. The van der Waals surface area contributed by atoms with Gasteiger partial charge in [0.2, 0.25) is 10.0 Å². The monoisotopic (exact) mass is 295 g/mol. The Hall–Kier alpha value is -1.35. The zero-order valence-corrected chi connectivity index (χ0v) is 12.3. The van der Waals surface area contributed by atoms with Crippen LogP contribution in [0.15, 0.2) is 0 Å². The first-order chi connectivity index (χ1) is 8.58. The molecule has 0 aromatic carbocycles. The second-order valence-electron chi connectivity index (χ2n) is 4.56. The van der Waals surface area contributed by atoms with Gasteiger partial charge in [0.15, 0.2) is 0 Å². The van der Waals surface area contributed by atoms with Crippen LogP contribution in [0.25, 0.3) is 0 Å². The van der Waals surface area contributed by atoms with Crippen molar-refractivity contribution in [3.63, 3.8) is 0 Å². The van der Waals surface area contributed by atoms with Gasteiger partial charge in [0.1, 0.15) is 6.04 Å². The molecule has 8 nitrogen and oxygen atoms in total. The van der Waals surface area contributed by atoms with Crippen LogP contribution in [0.1, 0.15) is 13.8 Å². The number of urea groups is 1. The van der Waals surface area contributed by atoms with E-state index in [0.717, 1.165) is 4.31 Å². The van der Waals surface area contributed by atoms with Crippen LogP contribution in [0.5, 0.6) is 0 Å². The molecule has 3 N–H and O–H groups in total. The van der Waals surface area contributed by atoms with Gasteiger partial charge in [-0.1, -0.05) is 13.8 Å². The third kappa shape index (κ3) is 6.39. The number of carbonyl (C=O) groups excluding carboxylic acids is 1. The van der Waals surface area contributed by atoms with Crippen LogP contribution >= 0.6 is 0 Å². The molecule has 2 amide bonds. The highest BCUT2D eigenvalue weighted by Crippen LogP contribution is 2.01. The molecular weight excluding hydrogens is 274 g/mol. The van der Waals surface area contributed by atoms with Crippen LogP contribution in [0.2, 0.25) is 0 Å². The van der Waals surface area contributed by atoms with E-state index in [2.05, 4.69) is 10.6 Å². The zero-order valence-electron chi connectivity index (χ0n) is 11.5. The number of carbonyl (C=O) groups is 2. The van der Waals surface area contributed by atoms with Crippen molar-refractivity contribution >= 4 is 22.0 Å². The van der Waals surface area contributed by atoms with E-state index >= 15 is 0 Å². The molecule has 112 valence electrons. The van der Waals surface area contributed by atoms with E-state index in [1.807, 2.05) is 0 Å². The number of carboxylic acid groups (broad SMARTS) is 1. The van der Waals surface area contributed by atoms with Crippen molar-refractivity contribution in [3.8, 4) is 0 Å². The van der Waals surface area contributed by atoms with E-state index in [1.54, 1.807) is 13.8 Å². The number of nitrogens with zero attached hydrogens (tertiary/aromatic N) is 1. The molecule has 0 aromatic rings. The Morgan fingerprint density at radius 1 is 1.26 bits per heavy atom. The quantitative estimate of drug-likeness (QED) is 0.573. The average molecular weight is 295 g/mol. The summed E-state index contributed by atoms with van der Waals surface area (Å²) in [4.78, 5) is 22.3. The number of hydrogen-bond acceptors (Lipinski definition) is 4. The highest BCUT2D eigenvalue weighted by molar-refractivity contribution is 7.89. The molecule has 0 fully saturated rings. The van der Waals surface area contributed by atoms with Crippen molar-refractivity contribution in [1.29, 1.82) is 0 Å². The minimum Gasteiger partial charge on any atom is -0.480 e. The molecule has 0 saturated carbocycles. The summed E-state index contributed by atoms with van der Waals surface area (Å²) >= 11 is 0. The van der Waals surface area contributed by atoms with Crippen LogP contribution in [-0.4, -0.2) is 62.3 Å². The van der Waals surface area contributed by atoms with E-state index in [9.17, 15) is 18.0 Å². The van der Waals surface area contributed by atoms with E-state index < -0.39 is 28.1 Å². The van der Waals surface area contributed by atoms with E-state index in [4.69, 9.17) is 5.11 Å². The predicted molar refractivity (Wildman–Crippen MR) is 70.3 cm³/mol. The fraction of sp³-hybridized carbons (Fsp3) is 0.800. The molecule has 0 aliphatic rings. The lowest BCUT2D eigenvalue weighted by atomic mass is 10.1. The van der Waals surface area contributed by atoms with Gasteiger partial charge in [0.05, 0.1) is 5.75 Å². The largest absolute Gasteiger partial charge is 0.480 e. The normalized spacial score (nSPS) is 13.4. The number of nitrogens with one attached hydrogen (secondary N) is 2. The lowest BCUT2D eigenvalue weighted by Crippen LogP contribution is -2.49. The number of aliphatic carboxylic acids is 1. The van der Waals surface area contributed by atoms with E-state index in [-0.39, 0.29) is 18.2 Å². The Bertz CT molecular complexity index is 419. The lowest BCUT2D eigenvalue weighted by molar-refractivity contribution is -0.140. The summed E-state index contributed by atoms with van der Waals surface area (Å²) in [5.41, 5.74) is 0. The van der Waals surface area contributed by atoms with E-state index in [1.165, 1.54) is 14.1 Å². The number of rotatable bonds is 7. The Morgan fingerprint density at radius 3 is 2.16 bits per heavy atom. The van der Waals surface area contributed by atoms with E-state index in [0.29, 0.717) is 0 Å². The number of amides is 2. The smallest absolute Gasteiger partial charge is 0.326 e. The van der Waals surface area contributed by atoms with Crippen molar-refractivity contribution in [3.05, 3.63) is 0 Å². The Labute approximate surface area is 113 Å². The second kappa shape index (κ2) is 7.29. The highest BCUT2D eigenvalue weighted by atomic mass is 32.2. The molecule has 0 unspecified atom stereocenters. The molecule has 0 aliphatic carbocycles. The first-order valence-electron chi connectivity index (χ1n) is 5.75. The number of carboxylic acids is 1. The summed E-state index contributed by atoms with van der Waals surface area (Å²) in [6, 6.07) is -1.71. The summed E-state index contributed by atoms with van der Waals surface area (Å²) in [7, 11) is -0.586. The van der Waals surface area contributed by atoms with Crippen molar-refractivity contribution < 1.29 is 23.1 Å². The molecule has 0 bridgehead atoms. The molecule has 0 saturated heterocycles. The SMILES string of the molecule is CC(C)[C@@H](NC(=O)NCCS(=O)(=O)N(C)C)C(=O)O.